The Hall–Kier alpha value is -3.99. The smallest absolute Gasteiger partial charge is 0.307 e. The van der Waals surface area contributed by atoms with Crippen LogP contribution < -0.4 is 15.5 Å². The molecule has 1 aliphatic carbocycles. The third-order valence-electron chi connectivity index (χ3n) is 7.59. The number of hydrogen-bond donors (Lipinski definition) is 2. The minimum atomic E-state index is -0.578. The van der Waals surface area contributed by atoms with Gasteiger partial charge in [-0.3, -0.25) is 9.69 Å². The maximum atomic E-state index is 13.8. The molecule has 5 aromatic rings. The molecule has 0 saturated carbocycles. The maximum Gasteiger partial charge on any atom is 0.326 e. The van der Waals surface area contributed by atoms with E-state index in [1.165, 1.54) is 23.1 Å². The number of hydrogen-bond acceptors (Lipinski definition) is 6. The van der Waals surface area contributed by atoms with E-state index in [0.717, 1.165) is 26.6 Å². The number of halogens is 2. The quantitative estimate of drug-likeness (QED) is 0.164. The molecule has 234 valence electrons. The predicted octanol–water partition coefficient (Wildman–Crippen LogP) is 10.6. The second-order valence-corrected chi connectivity index (χ2v) is 14.8. The van der Waals surface area contributed by atoms with Crippen LogP contribution in [0.5, 0.6) is 0 Å². The molecule has 11 heteroatoms. The van der Waals surface area contributed by atoms with E-state index in [1.807, 2.05) is 101 Å². The van der Waals surface area contributed by atoms with E-state index < -0.39 is 5.25 Å². The standard InChI is InChI=1S/C36H26Cl2N4O2S3/c37-26-18-17-23(19-27(26)38)28-21-45-35(40-28)41-34(43)33(22-9-2-1-3-10-22)46-25-12-8-11-24(20-25)39-36(44)42-29-13-4-6-15-31(29)47-32-16-7-5-14-30(32)42/h1-21,29,31,33H,(H,39,44)(H,40,41,43). The van der Waals surface area contributed by atoms with Gasteiger partial charge in [0.2, 0.25) is 5.91 Å². The zero-order valence-electron chi connectivity index (χ0n) is 24.5. The highest BCUT2D eigenvalue weighted by Crippen LogP contribution is 2.44. The number of thioether (sulfide) groups is 2. The molecule has 0 saturated heterocycles. The summed E-state index contributed by atoms with van der Waals surface area (Å²) >= 11 is 16.8. The number of allylic oxidation sites excluding steroid dienone is 2. The van der Waals surface area contributed by atoms with Gasteiger partial charge in [0.25, 0.3) is 0 Å². The minimum absolute atomic E-state index is 0.105. The average Bonchev–Trinajstić information content (AvgIpc) is 3.56. The van der Waals surface area contributed by atoms with Crippen molar-refractivity contribution in [3.8, 4) is 11.3 Å². The van der Waals surface area contributed by atoms with E-state index in [-0.39, 0.29) is 23.2 Å². The van der Waals surface area contributed by atoms with E-state index in [2.05, 4.69) is 33.8 Å². The number of rotatable bonds is 7. The lowest BCUT2D eigenvalue weighted by Crippen LogP contribution is -2.49. The van der Waals surface area contributed by atoms with E-state index in [0.29, 0.717) is 26.6 Å². The van der Waals surface area contributed by atoms with Crippen molar-refractivity contribution in [3.05, 3.63) is 142 Å². The molecule has 7 rings (SSSR count). The summed E-state index contributed by atoms with van der Waals surface area (Å²) in [6, 6.07) is 30.2. The van der Waals surface area contributed by atoms with Gasteiger partial charge in [-0.2, -0.15) is 0 Å². The van der Waals surface area contributed by atoms with Gasteiger partial charge in [0.15, 0.2) is 5.13 Å². The number of fused-ring (bicyclic) bond motifs is 2. The van der Waals surface area contributed by atoms with Crippen LogP contribution in [0.3, 0.4) is 0 Å². The van der Waals surface area contributed by atoms with E-state index in [4.69, 9.17) is 23.2 Å². The highest BCUT2D eigenvalue weighted by molar-refractivity contribution is 8.00. The number of anilines is 3. The Labute approximate surface area is 294 Å². The molecule has 1 aromatic heterocycles. The number of carbonyl (C=O) groups excluding carboxylic acids is 2. The summed E-state index contributed by atoms with van der Waals surface area (Å²) in [4.78, 5) is 36.0. The minimum Gasteiger partial charge on any atom is -0.307 e. The lowest BCUT2D eigenvalue weighted by atomic mass is 10.1. The molecule has 3 unspecified atom stereocenters. The van der Waals surface area contributed by atoms with Gasteiger partial charge in [-0.15, -0.1) is 34.9 Å². The van der Waals surface area contributed by atoms with Crippen molar-refractivity contribution >= 4 is 86.5 Å². The number of benzene rings is 4. The van der Waals surface area contributed by atoms with Crippen LogP contribution in [0.1, 0.15) is 10.8 Å². The van der Waals surface area contributed by atoms with Gasteiger partial charge in [0.1, 0.15) is 5.25 Å². The Kier molecular flexibility index (Phi) is 9.42. The van der Waals surface area contributed by atoms with Crippen LogP contribution in [0.15, 0.2) is 137 Å². The first kappa shape index (κ1) is 31.6. The van der Waals surface area contributed by atoms with Crippen LogP contribution in [0.4, 0.5) is 21.3 Å². The van der Waals surface area contributed by atoms with Gasteiger partial charge < -0.3 is 10.6 Å². The second kappa shape index (κ2) is 14.0. The van der Waals surface area contributed by atoms with Crippen molar-refractivity contribution in [3.63, 3.8) is 0 Å². The number of para-hydroxylation sites is 1. The lowest BCUT2D eigenvalue weighted by Gasteiger charge is -2.40. The van der Waals surface area contributed by atoms with Crippen molar-refractivity contribution in [2.24, 2.45) is 0 Å². The molecule has 3 atom stereocenters. The number of nitrogens with zero attached hydrogens (tertiary/aromatic N) is 2. The molecular formula is C36H26Cl2N4O2S3. The van der Waals surface area contributed by atoms with Crippen molar-refractivity contribution in [2.75, 3.05) is 15.5 Å². The summed E-state index contributed by atoms with van der Waals surface area (Å²) in [7, 11) is 0. The molecule has 0 radical (unpaired) electrons. The summed E-state index contributed by atoms with van der Waals surface area (Å²) in [6.45, 7) is 0. The maximum absolute atomic E-state index is 13.8. The zero-order chi connectivity index (χ0) is 32.3. The number of carbonyl (C=O) groups is 2. The first-order valence-corrected chi connectivity index (χ1v) is 18.1. The van der Waals surface area contributed by atoms with Gasteiger partial charge in [0, 0.05) is 26.4 Å². The molecule has 0 bridgehead atoms. The van der Waals surface area contributed by atoms with Gasteiger partial charge >= 0.3 is 6.03 Å². The predicted molar refractivity (Wildman–Crippen MR) is 197 cm³/mol. The molecule has 2 aliphatic rings. The first-order valence-electron chi connectivity index (χ1n) is 14.7. The molecule has 1 aliphatic heterocycles. The average molecular weight is 714 g/mol. The molecule has 3 amide bonds. The van der Waals surface area contributed by atoms with Crippen LogP contribution in [-0.4, -0.2) is 28.2 Å². The third-order valence-corrected chi connectivity index (χ3v) is 11.6. The SMILES string of the molecule is O=C(Nc1nc(-c2ccc(Cl)c(Cl)c2)cs1)C(Sc1cccc(NC(=O)N2c3ccccc3SC3C=CC=CC32)c1)c1ccccc1. The summed E-state index contributed by atoms with van der Waals surface area (Å²) < 4.78 is 0. The molecule has 2 heterocycles. The Balaban J connectivity index is 1.10. The number of thiazole rings is 1. The molecule has 0 spiro atoms. The molecule has 0 fully saturated rings. The number of amides is 3. The van der Waals surface area contributed by atoms with Crippen LogP contribution in [0.2, 0.25) is 10.0 Å². The fraction of sp³-hybridized carbons (Fsp3) is 0.0833. The molecule has 4 aromatic carbocycles. The summed E-state index contributed by atoms with van der Waals surface area (Å²) in [5, 5.41) is 8.91. The van der Waals surface area contributed by atoms with Gasteiger partial charge in [0.05, 0.1) is 32.7 Å². The van der Waals surface area contributed by atoms with Crippen LogP contribution in [0, 0.1) is 0 Å². The normalized spacial score (nSPS) is 17.0. The van der Waals surface area contributed by atoms with Gasteiger partial charge in [-0.05, 0) is 48.0 Å². The van der Waals surface area contributed by atoms with Gasteiger partial charge in [-0.25, -0.2) is 9.78 Å². The monoisotopic (exact) mass is 712 g/mol. The van der Waals surface area contributed by atoms with Crippen molar-refractivity contribution in [2.45, 2.75) is 26.3 Å². The summed E-state index contributed by atoms with van der Waals surface area (Å²) in [5.74, 6) is -0.212. The van der Waals surface area contributed by atoms with E-state index >= 15 is 0 Å². The van der Waals surface area contributed by atoms with E-state index in [1.54, 1.807) is 23.9 Å². The first-order chi connectivity index (χ1) is 22.9. The van der Waals surface area contributed by atoms with E-state index in [9.17, 15) is 9.59 Å². The van der Waals surface area contributed by atoms with Gasteiger partial charge in [-0.1, -0.05) is 102 Å². The van der Waals surface area contributed by atoms with Crippen LogP contribution >= 0.6 is 58.1 Å². The van der Waals surface area contributed by atoms with Crippen LogP contribution in [-0.2, 0) is 4.79 Å². The Morgan fingerprint density at radius 1 is 0.851 bits per heavy atom. The fourth-order valence-corrected chi connectivity index (χ4v) is 8.75. The number of nitrogens with one attached hydrogen (secondary N) is 2. The topological polar surface area (TPSA) is 74.3 Å². The molecule has 6 nitrogen and oxygen atoms in total. The van der Waals surface area contributed by atoms with Crippen molar-refractivity contribution < 1.29 is 9.59 Å². The lowest BCUT2D eigenvalue weighted by molar-refractivity contribution is -0.115. The third kappa shape index (κ3) is 7.00. The zero-order valence-corrected chi connectivity index (χ0v) is 28.5. The Bertz CT molecular complexity index is 2020. The highest BCUT2D eigenvalue weighted by Gasteiger charge is 2.36. The summed E-state index contributed by atoms with van der Waals surface area (Å²) in [6.07, 6.45) is 8.22. The van der Waals surface area contributed by atoms with Crippen LogP contribution in [0.25, 0.3) is 11.3 Å². The summed E-state index contributed by atoms with van der Waals surface area (Å²) in [5.41, 5.74) is 3.86. The Morgan fingerprint density at radius 3 is 2.51 bits per heavy atom. The number of urea groups is 1. The van der Waals surface area contributed by atoms with Crippen molar-refractivity contribution in [1.82, 2.24) is 4.98 Å². The highest BCUT2D eigenvalue weighted by atomic mass is 35.5. The fourth-order valence-electron chi connectivity index (χ4n) is 5.38. The molecular weight excluding hydrogens is 688 g/mol. The second-order valence-electron chi connectivity index (χ2n) is 10.7. The Morgan fingerprint density at radius 2 is 1.66 bits per heavy atom. The van der Waals surface area contributed by atoms with Crippen molar-refractivity contribution in [1.29, 1.82) is 0 Å². The largest absolute Gasteiger partial charge is 0.326 e. The molecule has 2 N–H and O–H groups in total. The number of aromatic nitrogens is 1. The molecule has 47 heavy (non-hydrogen) atoms.